The summed E-state index contributed by atoms with van der Waals surface area (Å²) in [4.78, 5) is 4.27. The van der Waals surface area contributed by atoms with E-state index in [1.807, 2.05) is 10.6 Å². The number of halogens is 1. The van der Waals surface area contributed by atoms with E-state index in [1.165, 1.54) is 18.9 Å². The predicted octanol–water partition coefficient (Wildman–Crippen LogP) is 3.50. The van der Waals surface area contributed by atoms with Crippen LogP contribution in [0.25, 0.3) is 11.3 Å². The van der Waals surface area contributed by atoms with E-state index in [2.05, 4.69) is 4.98 Å². The zero-order valence-electron chi connectivity index (χ0n) is 15.4. The number of fused-ring (bicyclic) bond motifs is 3. The van der Waals surface area contributed by atoms with Crippen LogP contribution in [0.1, 0.15) is 50.1 Å². The van der Waals surface area contributed by atoms with E-state index in [0.29, 0.717) is 30.2 Å². The molecule has 1 aromatic heterocycles. The number of benzene rings is 1. The molecule has 2 aromatic rings. The average Bonchev–Trinajstić information content (AvgIpc) is 3.22. The maximum Gasteiger partial charge on any atom is 0.129 e. The zero-order valence-corrected chi connectivity index (χ0v) is 15.4. The van der Waals surface area contributed by atoms with Crippen LogP contribution in [0.5, 0.6) is 0 Å². The van der Waals surface area contributed by atoms with Gasteiger partial charge < -0.3 is 15.4 Å². The van der Waals surface area contributed by atoms with Crippen LogP contribution in [0.3, 0.4) is 0 Å². The van der Waals surface area contributed by atoms with Gasteiger partial charge in [0.1, 0.15) is 5.82 Å². The van der Waals surface area contributed by atoms with Gasteiger partial charge in [0, 0.05) is 17.2 Å². The van der Waals surface area contributed by atoms with E-state index >= 15 is 0 Å². The lowest BCUT2D eigenvalue weighted by molar-refractivity contribution is -0.132. The van der Waals surface area contributed by atoms with Crippen molar-refractivity contribution in [2.24, 2.45) is 28.9 Å². The van der Waals surface area contributed by atoms with Gasteiger partial charge in [-0.05, 0) is 67.8 Å². The van der Waals surface area contributed by atoms with Crippen molar-refractivity contribution in [2.75, 3.05) is 0 Å². The molecule has 0 amide bonds. The Balaban J connectivity index is 1.35. The van der Waals surface area contributed by atoms with E-state index < -0.39 is 6.10 Å². The van der Waals surface area contributed by atoms with Crippen LogP contribution in [-0.2, 0) is 0 Å². The maximum absolute atomic E-state index is 14.7. The maximum atomic E-state index is 14.7. The quantitative estimate of drug-likeness (QED) is 0.873. The van der Waals surface area contributed by atoms with Crippen molar-refractivity contribution in [3.63, 3.8) is 0 Å². The fourth-order valence-corrected chi connectivity index (χ4v) is 7.23. The second kappa shape index (κ2) is 5.42. The number of rotatable bonds is 3. The van der Waals surface area contributed by atoms with Crippen LogP contribution in [0.15, 0.2) is 30.7 Å². The molecule has 7 rings (SSSR count). The molecule has 2 heterocycles. The Bertz CT molecular complexity index is 893. The molecule has 4 fully saturated rings. The number of aromatic nitrogens is 2. The molecule has 0 radical (unpaired) electrons. The topological polar surface area (TPSA) is 64.1 Å². The third-order valence-corrected chi connectivity index (χ3v) is 8.21. The summed E-state index contributed by atoms with van der Waals surface area (Å²) in [5.41, 5.74) is 9.04. The molecule has 5 aliphatic rings. The smallest absolute Gasteiger partial charge is 0.129 e. The summed E-state index contributed by atoms with van der Waals surface area (Å²) in [6.07, 6.45) is 9.36. The molecule has 1 aliphatic heterocycles. The van der Waals surface area contributed by atoms with E-state index in [9.17, 15) is 9.50 Å². The molecular formula is C22H26FN3O. The number of nitrogens with zero attached hydrogens (tertiary/aromatic N) is 2. The highest BCUT2D eigenvalue weighted by molar-refractivity contribution is 5.69. The number of imidazole rings is 1. The van der Waals surface area contributed by atoms with Gasteiger partial charge >= 0.3 is 0 Å². The molecule has 4 saturated carbocycles. The molecule has 1 aromatic carbocycles. The van der Waals surface area contributed by atoms with Gasteiger partial charge in [-0.15, -0.1) is 0 Å². The Hall–Kier alpha value is -1.72. The third kappa shape index (κ3) is 2.13. The number of aliphatic hydroxyl groups is 1. The van der Waals surface area contributed by atoms with Crippen molar-refractivity contribution in [3.05, 3.63) is 42.1 Å². The highest BCUT2D eigenvalue weighted by atomic mass is 19.1. The van der Waals surface area contributed by atoms with Gasteiger partial charge in [-0.3, -0.25) is 0 Å². The molecule has 4 nitrogen and oxygen atoms in total. The van der Waals surface area contributed by atoms with Crippen molar-refractivity contribution in [2.45, 2.75) is 56.7 Å². The monoisotopic (exact) mass is 367 g/mol. The Morgan fingerprint density at radius 2 is 2.04 bits per heavy atom. The lowest BCUT2D eigenvalue weighted by atomic mass is 9.46. The summed E-state index contributed by atoms with van der Waals surface area (Å²) < 4.78 is 16.8. The summed E-state index contributed by atoms with van der Waals surface area (Å²) in [5, 5.41) is 11.4. The van der Waals surface area contributed by atoms with Gasteiger partial charge in [0.05, 0.1) is 30.4 Å². The van der Waals surface area contributed by atoms with E-state index in [4.69, 9.17) is 5.73 Å². The van der Waals surface area contributed by atoms with Crippen molar-refractivity contribution < 1.29 is 9.50 Å². The molecular weight excluding hydrogens is 341 g/mol. The molecule has 4 bridgehead atoms. The summed E-state index contributed by atoms with van der Waals surface area (Å²) in [7, 11) is 0. The summed E-state index contributed by atoms with van der Waals surface area (Å²) in [6, 6.07) is 5.39. The summed E-state index contributed by atoms with van der Waals surface area (Å²) in [6.45, 7) is 0. The van der Waals surface area contributed by atoms with Crippen molar-refractivity contribution in [3.8, 4) is 11.3 Å². The van der Waals surface area contributed by atoms with Gasteiger partial charge in [0.15, 0.2) is 0 Å². The van der Waals surface area contributed by atoms with E-state index in [0.717, 1.165) is 36.1 Å². The van der Waals surface area contributed by atoms with Gasteiger partial charge in [0.25, 0.3) is 0 Å². The lowest BCUT2D eigenvalue weighted by Crippen LogP contribution is -2.60. The average molecular weight is 367 g/mol. The first-order valence-corrected chi connectivity index (χ1v) is 10.3. The van der Waals surface area contributed by atoms with Gasteiger partial charge in [0.2, 0.25) is 0 Å². The summed E-state index contributed by atoms with van der Waals surface area (Å²) in [5.74, 6) is 1.65. The minimum atomic E-state index is -0.427. The van der Waals surface area contributed by atoms with Crippen LogP contribution in [0, 0.1) is 29.0 Å². The zero-order chi connectivity index (χ0) is 18.3. The highest BCUT2D eigenvalue weighted by Gasteiger charge is 2.57. The Morgan fingerprint density at radius 3 is 2.81 bits per heavy atom. The molecule has 4 aliphatic carbocycles. The molecule has 4 unspecified atom stereocenters. The van der Waals surface area contributed by atoms with Crippen LogP contribution in [-0.4, -0.2) is 26.8 Å². The van der Waals surface area contributed by atoms with Crippen molar-refractivity contribution in [1.82, 2.24) is 9.55 Å². The Labute approximate surface area is 158 Å². The van der Waals surface area contributed by atoms with Gasteiger partial charge in [-0.2, -0.15) is 0 Å². The lowest BCUT2D eigenvalue weighted by Gasteiger charge is -2.61. The van der Waals surface area contributed by atoms with Gasteiger partial charge in [-0.1, -0.05) is 12.1 Å². The fourth-order valence-electron chi connectivity index (χ4n) is 7.23. The fraction of sp³-hybridized carbons (Fsp3) is 0.591. The van der Waals surface area contributed by atoms with Crippen LogP contribution >= 0.6 is 0 Å². The molecule has 27 heavy (non-hydrogen) atoms. The molecule has 4 atom stereocenters. The molecule has 142 valence electrons. The second-order valence-electron chi connectivity index (χ2n) is 9.56. The summed E-state index contributed by atoms with van der Waals surface area (Å²) >= 11 is 0. The van der Waals surface area contributed by atoms with Crippen molar-refractivity contribution in [1.29, 1.82) is 0 Å². The first-order chi connectivity index (χ1) is 13.1. The number of hydrogen-bond donors (Lipinski definition) is 2. The highest BCUT2D eigenvalue weighted by Crippen LogP contribution is 2.62. The van der Waals surface area contributed by atoms with Crippen LogP contribution in [0.4, 0.5) is 4.39 Å². The first kappa shape index (κ1) is 16.3. The largest absolute Gasteiger partial charge is 0.392 e. The Kier molecular flexibility index (Phi) is 3.26. The van der Waals surface area contributed by atoms with Gasteiger partial charge in [-0.25, -0.2) is 9.37 Å². The van der Waals surface area contributed by atoms with E-state index in [1.54, 1.807) is 18.6 Å². The molecule has 5 heteroatoms. The first-order valence-electron chi connectivity index (χ1n) is 10.3. The standard InChI is InChI=1S/C22H26FN3O/c23-16-3-1-2-15-18-10-25-11-26(18)17(20(15)16)6-19(27)22-7-12-4-13(8-22)21(24)14(5-12)9-22/h1-3,10-14,17,19,21,27H,4-9,24H2. The minimum Gasteiger partial charge on any atom is -0.392 e. The molecule has 3 N–H and O–H groups in total. The number of aliphatic hydroxyl groups excluding tert-OH is 1. The molecule has 0 saturated heterocycles. The number of hydrogen-bond acceptors (Lipinski definition) is 3. The minimum absolute atomic E-state index is 0.0267. The van der Waals surface area contributed by atoms with Crippen LogP contribution in [0.2, 0.25) is 0 Å². The SMILES string of the molecule is NC1C2CC3CC1CC(C(O)CC1c4c(F)cccc4-c4cncn41)(C3)C2. The van der Waals surface area contributed by atoms with Crippen LogP contribution < -0.4 is 5.73 Å². The Morgan fingerprint density at radius 1 is 1.26 bits per heavy atom. The normalized spacial score (nSPS) is 39.4. The second-order valence-corrected chi connectivity index (χ2v) is 9.56. The third-order valence-electron chi connectivity index (χ3n) is 8.21. The number of nitrogens with two attached hydrogens (primary N) is 1. The predicted molar refractivity (Wildman–Crippen MR) is 100 cm³/mol. The van der Waals surface area contributed by atoms with Crippen molar-refractivity contribution >= 4 is 0 Å². The van der Waals surface area contributed by atoms with E-state index in [-0.39, 0.29) is 17.3 Å². The molecule has 0 spiro atoms.